The molecule has 2 aromatic carbocycles. The molecule has 3 aromatic rings. The molecular formula is C17H12Cl2N2O2. The Kier molecular flexibility index (Phi) is 4.65. The van der Waals surface area contributed by atoms with Crippen LogP contribution in [0.25, 0.3) is 11.3 Å². The molecule has 0 saturated heterocycles. The van der Waals surface area contributed by atoms with E-state index in [4.69, 9.17) is 27.7 Å². The molecule has 0 aliphatic carbocycles. The summed E-state index contributed by atoms with van der Waals surface area (Å²) in [6.45, 7) is 0.251. The van der Waals surface area contributed by atoms with Crippen LogP contribution in [0.4, 0.5) is 0 Å². The van der Waals surface area contributed by atoms with Crippen molar-refractivity contribution in [3.63, 3.8) is 0 Å². The van der Waals surface area contributed by atoms with Crippen LogP contribution in [-0.4, -0.2) is 11.1 Å². The maximum Gasteiger partial charge on any atom is 0.253 e. The standard InChI is InChI=1S/C17H12Cl2N2O2/c18-12-7-5-11(6-8-12)16-9-13(21-23-16)10-20-17(22)14-3-1-2-4-15(14)19/h1-9H,10H2,(H,20,22). The van der Waals surface area contributed by atoms with E-state index >= 15 is 0 Å². The molecule has 0 fully saturated rings. The van der Waals surface area contributed by atoms with Crippen LogP contribution in [0.5, 0.6) is 0 Å². The van der Waals surface area contributed by atoms with E-state index in [0.29, 0.717) is 27.1 Å². The van der Waals surface area contributed by atoms with E-state index in [1.807, 2.05) is 12.1 Å². The molecule has 0 spiro atoms. The van der Waals surface area contributed by atoms with Gasteiger partial charge in [0.1, 0.15) is 5.69 Å². The largest absolute Gasteiger partial charge is 0.356 e. The first kappa shape index (κ1) is 15.6. The normalized spacial score (nSPS) is 10.5. The topological polar surface area (TPSA) is 55.1 Å². The fraction of sp³-hybridized carbons (Fsp3) is 0.0588. The molecule has 0 radical (unpaired) electrons. The van der Waals surface area contributed by atoms with E-state index in [2.05, 4.69) is 10.5 Å². The van der Waals surface area contributed by atoms with Crippen LogP contribution >= 0.6 is 23.2 Å². The SMILES string of the molecule is O=C(NCc1cc(-c2ccc(Cl)cc2)on1)c1ccccc1Cl. The third kappa shape index (κ3) is 3.73. The maximum atomic E-state index is 12.1. The van der Waals surface area contributed by atoms with Crippen LogP contribution in [0.15, 0.2) is 59.1 Å². The van der Waals surface area contributed by atoms with Gasteiger partial charge >= 0.3 is 0 Å². The first-order chi connectivity index (χ1) is 11.1. The van der Waals surface area contributed by atoms with E-state index in [9.17, 15) is 4.79 Å². The average molecular weight is 347 g/mol. The number of nitrogens with zero attached hydrogens (tertiary/aromatic N) is 1. The fourth-order valence-corrected chi connectivity index (χ4v) is 2.40. The summed E-state index contributed by atoms with van der Waals surface area (Å²) in [6, 6.07) is 15.9. The molecule has 0 aliphatic rings. The van der Waals surface area contributed by atoms with Crippen LogP contribution in [0.3, 0.4) is 0 Å². The second kappa shape index (κ2) is 6.86. The number of aromatic nitrogens is 1. The van der Waals surface area contributed by atoms with Gasteiger partial charge in [-0.25, -0.2) is 0 Å². The minimum atomic E-state index is -0.258. The van der Waals surface area contributed by atoms with Crippen molar-refractivity contribution in [2.75, 3.05) is 0 Å². The zero-order valence-corrected chi connectivity index (χ0v) is 13.4. The summed E-state index contributed by atoms with van der Waals surface area (Å²) in [5.41, 5.74) is 1.91. The zero-order valence-electron chi connectivity index (χ0n) is 11.9. The number of hydrogen-bond donors (Lipinski definition) is 1. The molecule has 0 aliphatic heterocycles. The molecule has 0 saturated carbocycles. The van der Waals surface area contributed by atoms with Gasteiger partial charge in [-0.1, -0.05) is 40.5 Å². The lowest BCUT2D eigenvalue weighted by Crippen LogP contribution is -2.23. The molecule has 23 heavy (non-hydrogen) atoms. The predicted molar refractivity (Wildman–Crippen MR) is 89.6 cm³/mol. The Hall–Kier alpha value is -2.30. The monoisotopic (exact) mass is 346 g/mol. The highest BCUT2D eigenvalue weighted by Gasteiger charge is 2.11. The van der Waals surface area contributed by atoms with Crippen molar-refractivity contribution in [3.05, 3.63) is 75.9 Å². The molecule has 3 rings (SSSR count). The Morgan fingerprint density at radius 1 is 1.09 bits per heavy atom. The summed E-state index contributed by atoms with van der Waals surface area (Å²) in [4.78, 5) is 12.1. The molecule has 116 valence electrons. The molecule has 6 heteroatoms. The lowest BCUT2D eigenvalue weighted by atomic mass is 10.1. The Bertz CT molecular complexity index is 829. The molecule has 4 nitrogen and oxygen atoms in total. The Balaban J connectivity index is 1.67. The summed E-state index contributed by atoms with van der Waals surface area (Å²) in [6.07, 6.45) is 0. The highest BCUT2D eigenvalue weighted by atomic mass is 35.5. The first-order valence-corrected chi connectivity index (χ1v) is 7.63. The molecule has 0 unspecified atom stereocenters. The van der Waals surface area contributed by atoms with Crippen molar-refractivity contribution >= 4 is 29.1 Å². The summed E-state index contributed by atoms with van der Waals surface area (Å²) in [7, 11) is 0. The fourth-order valence-electron chi connectivity index (χ4n) is 2.06. The Morgan fingerprint density at radius 3 is 2.57 bits per heavy atom. The number of nitrogens with one attached hydrogen (secondary N) is 1. The maximum absolute atomic E-state index is 12.1. The molecule has 1 heterocycles. The van der Waals surface area contributed by atoms with Crippen molar-refractivity contribution in [3.8, 4) is 11.3 Å². The van der Waals surface area contributed by atoms with E-state index in [1.165, 1.54) is 0 Å². The van der Waals surface area contributed by atoms with Gasteiger partial charge < -0.3 is 9.84 Å². The van der Waals surface area contributed by atoms with Gasteiger partial charge in [-0.15, -0.1) is 0 Å². The van der Waals surface area contributed by atoms with Crippen molar-refractivity contribution in [1.82, 2.24) is 10.5 Å². The minimum Gasteiger partial charge on any atom is -0.356 e. The van der Waals surface area contributed by atoms with Crippen LogP contribution in [0.2, 0.25) is 10.0 Å². The number of carbonyl (C=O) groups excluding carboxylic acids is 1. The zero-order chi connectivity index (χ0) is 16.2. The summed E-state index contributed by atoms with van der Waals surface area (Å²) >= 11 is 11.8. The number of rotatable bonds is 4. The van der Waals surface area contributed by atoms with Crippen molar-refractivity contribution in [2.45, 2.75) is 6.54 Å². The molecule has 0 atom stereocenters. The van der Waals surface area contributed by atoms with Gasteiger partial charge in [-0.3, -0.25) is 4.79 Å². The lowest BCUT2D eigenvalue weighted by Gasteiger charge is -2.04. The van der Waals surface area contributed by atoms with Gasteiger partial charge in [0.2, 0.25) is 0 Å². The number of carbonyl (C=O) groups is 1. The molecule has 1 aromatic heterocycles. The van der Waals surface area contributed by atoms with Gasteiger partial charge in [0, 0.05) is 16.7 Å². The van der Waals surface area contributed by atoms with Gasteiger partial charge in [-0.05, 0) is 36.4 Å². The van der Waals surface area contributed by atoms with E-state index in [1.54, 1.807) is 42.5 Å². The van der Waals surface area contributed by atoms with E-state index < -0.39 is 0 Å². The van der Waals surface area contributed by atoms with E-state index in [-0.39, 0.29) is 12.5 Å². The summed E-state index contributed by atoms with van der Waals surface area (Å²) in [5.74, 6) is 0.357. The van der Waals surface area contributed by atoms with Crippen LogP contribution in [-0.2, 0) is 6.54 Å². The summed E-state index contributed by atoms with van der Waals surface area (Å²) in [5, 5.41) is 7.77. The number of amides is 1. The first-order valence-electron chi connectivity index (χ1n) is 6.88. The third-order valence-corrected chi connectivity index (χ3v) is 3.82. The van der Waals surface area contributed by atoms with Crippen molar-refractivity contribution < 1.29 is 9.32 Å². The second-order valence-electron chi connectivity index (χ2n) is 4.85. The van der Waals surface area contributed by atoms with Gasteiger partial charge in [-0.2, -0.15) is 0 Å². The molecule has 0 bridgehead atoms. The predicted octanol–water partition coefficient (Wildman–Crippen LogP) is 4.58. The second-order valence-corrected chi connectivity index (χ2v) is 5.70. The molecular weight excluding hydrogens is 335 g/mol. The van der Waals surface area contributed by atoms with Crippen LogP contribution in [0.1, 0.15) is 16.1 Å². The quantitative estimate of drug-likeness (QED) is 0.752. The minimum absolute atomic E-state index is 0.251. The van der Waals surface area contributed by atoms with Crippen molar-refractivity contribution in [1.29, 1.82) is 0 Å². The van der Waals surface area contributed by atoms with Gasteiger partial charge in [0.15, 0.2) is 5.76 Å². The molecule has 1 N–H and O–H groups in total. The summed E-state index contributed by atoms with van der Waals surface area (Å²) < 4.78 is 5.28. The smallest absolute Gasteiger partial charge is 0.253 e. The molecule has 1 amide bonds. The van der Waals surface area contributed by atoms with Crippen LogP contribution < -0.4 is 5.32 Å². The van der Waals surface area contributed by atoms with Crippen LogP contribution in [0, 0.1) is 0 Å². The Labute approximate surface area is 143 Å². The van der Waals surface area contributed by atoms with Gasteiger partial charge in [0.05, 0.1) is 17.1 Å². The Morgan fingerprint density at radius 2 is 1.83 bits per heavy atom. The number of hydrogen-bond acceptors (Lipinski definition) is 3. The number of halogens is 2. The number of benzene rings is 2. The lowest BCUT2D eigenvalue weighted by molar-refractivity contribution is 0.0950. The highest BCUT2D eigenvalue weighted by molar-refractivity contribution is 6.33. The van der Waals surface area contributed by atoms with Crippen molar-refractivity contribution in [2.24, 2.45) is 0 Å². The third-order valence-electron chi connectivity index (χ3n) is 3.24. The van der Waals surface area contributed by atoms with Gasteiger partial charge in [0.25, 0.3) is 5.91 Å². The highest BCUT2D eigenvalue weighted by Crippen LogP contribution is 2.22. The van der Waals surface area contributed by atoms with E-state index in [0.717, 1.165) is 5.56 Å². The average Bonchev–Trinajstić information content (AvgIpc) is 3.03.